The molecule has 122 valence electrons. The van der Waals surface area contributed by atoms with Crippen molar-refractivity contribution in [2.75, 3.05) is 23.4 Å². The Kier molecular flexibility index (Phi) is 3.93. The molecule has 1 N–H and O–H groups in total. The van der Waals surface area contributed by atoms with E-state index in [0.717, 1.165) is 11.4 Å². The molecular formula is C15H17N3O4S. The van der Waals surface area contributed by atoms with Gasteiger partial charge >= 0.3 is 0 Å². The Hall–Kier alpha value is -2.22. The van der Waals surface area contributed by atoms with Crippen molar-refractivity contribution in [1.29, 1.82) is 0 Å². The van der Waals surface area contributed by atoms with Gasteiger partial charge in [-0.2, -0.15) is 0 Å². The first-order chi connectivity index (χ1) is 10.8. The number of aryl methyl sites for hydroxylation is 1. The molecule has 7 nitrogen and oxygen atoms in total. The molecular weight excluding hydrogens is 318 g/mol. The Morgan fingerprint density at radius 1 is 1.39 bits per heavy atom. The number of sulfone groups is 1. The van der Waals surface area contributed by atoms with Gasteiger partial charge in [0.15, 0.2) is 9.84 Å². The van der Waals surface area contributed by atoms with Crippen molar-refractivity contribution >= 4 is 32.1 Å². The molecule has 0 saturated carbocycles. The predicted molar refractivity (Wildman–Crippen MR) is 88.4 cm³/mol. The minimum atomic E-state index is -2.91. The van der Waals surface area contributed by atoms with Crippen LogP contribution in [0.2, 0.25) is 0 Å². The third-order valence-corrected chi connectivity index (χ3v) is 5.88. The van der Waals surface area contributed by atoms with Crippen LogP contribution in [0.5, 0.6) is 0 Å². The van der Waals surface area contributed by atoms with Crippen LogP contribution in [0.4, 0.5) is 11.4 Å². The zero-order valence-corrected chi connectivity index (χ0v) is 13.5. The van der Waals surface area contributed by atoms with Gasteiger partial charge < -0.3 is 5.32 Å². The number of hydrogen-bond donors (Lipinski definition) is 1. The molecule has 2 heterocycles. The van der Waals surface area contributed by atoms with Crippen molar-refractivity contribution < 1.29 is 13.3 Å². The third-order valence-electron chi connectivity index (χ3n) is 4.04. The second-order valence-electron chi connectivity index (χ2n) is 5.92. The summed E-state index contributed by atoms with van der Waals surface area (Å²) in [6.07, 6.45) is 0.650. The number of anilines is 1. The van der Waals surface area contributed by atoms with Crippen molar-refractivity contribution in [3.05, 3.63) is 40.1 Å². The average Bonchev–Trinajstić information content (AvgIpc) is 2.83. The van der Waals surface area contributed by atoms with E-state index in [1.165, 1.54) is 12.1 Å². The summed E-state index contributed by atoms with van der Waals surface area (Å²) >= 11 is 0. The number of nitro groups is 1. The van der Waals surface area contributed by atoms with Crippen molar-refractivity contribution in [2.24, 2.45) is 5.92 Å². The summed E-state index contributed by atoms with van der Waals surface area (Å²) in [5.41, 5.74) is 2.24. The average molecular weight is 335 g/mol. The molecule has 1 saturated heterocycles. The molecule has 0 unspecified atom stereocenters. The van der Waals surface area contributed by atoms with Gasteiger partial charge in [-0.3, -0.25) is 15.1 Å². The standard InChI is InChI=1S/C15H17N3O4S/c1-10-6-15(16-8-11-4-5-23(21,22)9-11)13-7-12(18(19)20)2-3-14(13)17-10/h2-3,6-7,11H,4-5,8-9H2,1H3,(H,16,17)/t11-/m1/s1. The summed E-state index contributed by atoms with van der Waals surface area (Å²) in [7, 11) is -2.91. The summed E-state index contributed by atoms with van der Waals surface area (Å²) in [4.78, 5) is 14.9. The van der Waals surface area contributed by atoms with E-state index in [1.807, 2.05) is 13.0 Å². The number of rotatable bonds is 4. The zero-order chi connectivity index (χ0) is 16.6. The number of fused-ring (bicyclic) bond motifs is 1. The predicted octanol–water partition coefficient (Wildman–Crippen LogP) is 2.30. The van der Waals surface area contributed by atoms with Crippen LogP contribution in [0, 0.1) is 23.0 Å². The minimum Gasteiger partial charge on any atom is -0.384 e. The monoisotopic (exact) mass is 335 g/mol. The third kappa shape index (κ3) is 3.42. The molecule has 0 aliphatic carbocycles. The molecule has 1 aliphatic rings. The first kappa shape index (κ1) is 15.7. The van der Waals surface area contributed by atoms with E-state index in [4.69, 9.17) is 0 Å². The fraction of sp³-hybridized carbons (Fsp3) is 0.400. The first-order valence-corrected chi connectivity index (χ1v) is 9.16. The fourth-order valence-electron chi connectivity index (χ4n) is 2.89. The number of benzene rings is 1. The van der Waals surface area contributed by atoms with E-state index in [0.29, 0.717) is 23.9 Å². The number of non-ortho nitro benzene ring substituents is 1. The smallest absolute Gasteiger partial charge is 0.270 e. The molecule has 0 spiro atoms. The molecule has 0 amide bonds. The summed E-state index contributed by atoms with van der Waals surface area (Å²) in [6, 6.07) is 6.39. The van der Waals surface area contributed by atoms with Crippen LogP contribution >= 0.6 is 0 Å². The fourth-order valence-corrected chi connectivity index (χ4v) is 4.76. The van der Waals surface area contributed by atoms with E-state index in [9.17, 15) is 18.5 Å². The van der Waals surface area contributed by atoms with Crippen LogP contribution in [0.3, 0.4) is 0 Å². The van der Waals surface area contributed by atoms with Gasteiger partial charge in [-0.15, -0.1) is 0 Å². The maximum atomic E-state index is 11.5. The Labute approximate surface area is 133 Å². The Morgan fingerprint density at radius 3 is 2.83 bits per heavy atom. The lowest BCUT2D eigenvalue weighted by molar-refractivity contribution is -0.384. The maximum absolute atomic E-state index is 11.5. The molecule has 1 aliphatic heterocycles. The van der Waals surface area contributed by atoms with E-state index >= 15 is 0 Å². The molecule has 0 radical (unpaired) electrons. The van der Waals surface area contributed by atoms with Gasteiger partial charge in [0, 0.05) is 35.4 Å². The molecule has 1 atom stereocenters. The van der Waals surface area contributed by atoms with E-state index in [1.54, 1.807) is 6.07 Å². The molecule has 1 aromatic heterocycles. The first-order valence-electron chi connectivity index (χ1n) is 7.34. The quantitative estimate of drug-likeness (QED) is 0.679. The largest absolute Gasteiger partial charge is 0.384 e. The van der Waals surface area contributed by atoms with Gasteiger partial charge in [-0.25, -0.2) is 8.42 Å². The van der Waals surface area contributed by atoms with Gasteiger partial charge in [0.25, 0.3) is 5.69 Å². The van der Waals surface area contributed by atoms with Gasteiger partial charge in [0.05, 0.1) is 21.9 Å². The highest BCUT2D eigenvalue weighted by Gasteiger charge is 2.27. The topological polar surface area (TPSA) is 102 Å². The van der Waals surface area contributed by atoms with Crippen molar-refractivity contribution in [2.45, 2.75) is 13.3 Å². The molecule has 1 aromatic carbocycles. The van der Waals surface area contributed by atoms with E-state index < -0.39 is 14.8 Å². The SMILES string of the molecule is Cc1cc(NC[C@H]2CCS(=O)(=O)C2)c2cc([N+](=O)[O-])ccc2n1. The van der Waals surface area contributed by atoms with E-state index in [2.05, 4.69) is 10.3 Å². The number of nitrogens with one attached hydrogen (secondary N) is 1. The van der Waals surface area contributed by atoms with Crippen LogP contribution in [0.25, 0.3) is 10.9 Å². The number of hydrogen-bond acceptors (Lipinski definition) is 6. The second kappa shape index (κ2) is 5.77. The van der Waals surface area contributed by atoms with Crippen molar-refractivity contribution in [1.82, 2.24) is 4.98 Å². The minimum absolute atomic E-state index is 0.00893. The Balaban J connectivity index is 1.89. The van der Waals surface area contributed by atoms with Crippen LogP contribution in [-0.2, 0) is 9.84 Å². The lowest BCUT2D eigenvalue weighted by Crippen LogP contribution is -2.16. The number of nitro benzene ring substituents is 1. The highest BCUT2D eigenvalue weighted by atomic mass is 32.2. The van der Waals surface area contributed by atoms with Crippen LogP contribution in [-0.4, -0.2) is 36.4 Å². The lowest BCUT2D eigenvalue weighted by atomic mass is 10.1. The van der Waals surface area contributed by atoms with Crippen molar-refractivity contribution in [3.8, 4) is 0 Å². The summed E-state index contributed by atoms with van der Waals surface area (Å²) in [5, 5.41) is 14.9. The van der Waals surface area contributed by atoms with Crippen LogP contribution < -0.4 is 5.32 Å². The number of aromatic nitrogens is 1. The highest BCUT2D eigenvalue weighted by molar-refractivity contribution is 7.91. The molecule has 2 aromatic rings. The summed E-state index contributed by atoms with van der Waals surface area (Å²) in [5.74, 6) is 0.505. The normalized spacial score (nSPS) is 19.8. The van der Waals surface area contributed by atoms with Gasteiger partial charge in [-0.05, 0) is 31.4 Å². The highest BCUT2D eigenvalue weighted by Crippen LogP contribution is 2.28. The van der Waals surface area contributed by atoms with E-state index in [-0.39, 0.29) is 23.1 Å². The summed E-state index contributed by atoms with van der Waals surface area (Å²) in [6.45, 7) is 2.38. The lowest BCUT2D eigenvalue weighted by Gasteiger charge is -2.13. The number of pyridine rings is 1. The second-order valence-corrected chi connectivity index (χ2v) is 8.15. The zero-order valence-electron chi connectivity index (χ0n) is 12.7. The van der Waals surface area contributed by atoms with Gasteiger partial charge in [0.1, 0.15) is 0 Å². The van der Waals surface area contributed by atoms with Gasteiger partial charge in [-0.1, -0.05) is 0 Å². The maximum Gasteiger partial charge on any atom is 0.270 e. The molecule has 1 fully saturated rings. The van der Waals surface area contributed by atoms with Crippen molar-refractivity contribution in [3.63, 3.8) is 0 Å². The summed E-state index contributed by atoms with van der Waals surface area (Å²) < 4.78 is 23.1. The van der Waals surface area contributed by atoms with Crippen LogP contribution in [0.1, 0.15) is 12.1 Å². The number of nitrogens with zero attached hydrogens (tertiary/aromatic N) is 2. The Bertz CT molecular complexity index is 880. The molecule has 3 rings (SSSR count). The molecule has 23 heavy (non-hydrogen) atoms. The Morgan fingerprint density at radius 2 is 2.17 bits per heavy atom. The molecule has 0 bridgehead atoms. The van der Waals surface area contributed by atoms with Gasteiger partial charge in [0.2, 0.25) is 0 Å². The molecule has 8 heteroatoms. The van der Waals surface area contributed by atoms with Crippen LogP contribution in [0.15, 0.2) is 24.3 Å².